The predicted octanol–water partition coefficient (Wildman–Crippen LogP) is 2.45. The summed E-state index contributed by atoms with van der Waals surface area (Å²) in [6.07, 6.45) is 2.03. The average molecular weight is 211 g/mol. The minimum atomic E-state index is 0.433. The monoisotopic (exact) mass is 210 g/mol. The highest BCUT2D eigenvalue weighted by molar-refractivity contribution is 9.10. The van der Waals surface area contributed by atoms with Gasteiger partial charge in [0.2, 0.25) is 0 Å². The summed E-state index contributed by atoms with van der Waals surface area (Å²) in [7, 11) is 0. The van der Waals surface area contributed by atoms with E-state index in [2.05, 4.69) is 34.1 Å². The summed E-state index contributed by atoms with van der Waals surface area (Å²) in [6.45, 7) is 0. The van der Waals surface area contributed by atoms with Gasteiger partial charge in [-0.25, -0.2) is 0 Å². The van der Waals surface area contributed by atoms with Gasteiger partial charge in [-0.15, -0.1) is 0 Å². The fourth-order valence-corrected chi connectivity index (χ4v) is 2.37. The van der Waals surface area contributed by atoms with Crippen LogP contribution in [0.15, 0.2) is 22.7 Å². The smallest absolute Gasteiger partial charge is 0.110 e. The Morgan fingerprint density at radius 3 is 3.18 bits per heavy atom. The zero-order valence-electron chi connectivity index (χ0n) is 5.88. The van der Waals surface area contributed by atoms with Crippen molar-refractivity contribution in [1.82, 2.24) is 0 Å². The number of epoxide rings is 1. The molecule has 56 valence electrons. The first-order chi connectivity index (χ1) is 5.36. The van der Waals surface area contributed by atoms with E-state index in [-0.39, 0.29) is 0 Å². The molecule has 1 nitrogen and oxygen atoms in total. The van der Waals surface area contributed by atoms with Gasteiger partial charge in [-0.05, 0) is 17.2 Å². The fraction of sp³-hybridized carbons (Fsp3) is 0.333. The average Bonchev–Trinajstić information content (AvgIpc) is 2.67. The van der Waals surface area contributed by atoms with Crippen LogP contribution in [-0.4, -0.2) is 6.10 Å². The molecule has 0 amide bonds. The molecule has 0 saturated carbocycles. The van der Waals surface area contributed by atoms with E-state index >= 15 is 0 Å². The summed E-state index contributed by atoms with van der Waals surface area (Å²) in [5.74, 6) is 0. The maximum Gasteiger partial charge on any atom is 0.110 e. The second kappa shape index (κ2) is 1.87. The van der Waals surface area contributed by atoms with Gasteiger partial charge in [0.25, 0.3) is 0 Å². The van der Waals surface area contributed by atoms with Crippen LogP contribution >= 0.6 is 15.9 Å². The zero-order valence-corrected chi connectivity index (χ0v) is 7.47. The van der Waals surface area contributed by atoms with E-state index in [4.69, 9.17) is 4.74 Å². The highest BCUT2D eigenvalue weighted by atomic mass is 79.9. The Labute approximate surface area is 73.5 Å². The maximum absolute atomic E-state index is 5.41. The number of hydrogen-bond donors (Lipinski definition) is 0. The summed E-state index contributed by atoms with van der Waals surface area (Å²) in [6, 6.07) is 6.34. The molecule has 2 aliphatic rings. The molecule has 2 heteroatoms. The van der Waals surface area contributed by atoms with E-state index in [1.807, 2.05) is 0 Å². The third-order valence-corrected chi connectivity index (χ3v) is 3.19. The summed E-state index contributed by atoms with van der Waals surface area (Å²) in [5.41, 5.74) is 2.85. The van der Waals surface area contributed by atoms with Crippen molar-refractivity contribution < 1.29 is 4.74 Å². The molecule has 11 heavy (non-hydrogen) atoms. The van der Waals surface area contributed by atoms with E-state index in [9.17, 15) is 0 Å². The summed E-state index contributed by atoms with van der Waals surface area (Å²) in [5, 5.41) is 0. The van der Waals surface area contributed by atoms with Gasteiger partial charge in [0.1, 0.15) is 6.10 Å². The second-order valence-electron chi connectivity index (χ2n) is 3.11. The predicted molar refractivity (Wildman–Crippen MR) is 45.5 cm³/mol. The van der Waals surface area contributed by atoms with Crippen LogP contribution in [-0.2, 0) is 11.2 Å². The van der Waals surface area contributed by atoms with E-state index in [1.54, 1.807) is 0 Å². The van der Waals surface area contributed by atoms with Crippen LogP contribution in [0.25, 0.3) is 0 Å². The van der Waals surface area contributed by atoms with Crippen LogP contribution < -0.4 is 0 Å². The lowest BCUT2D eigenvalue weighted by Gasteiger charge is -2.02. The zero-order chi connectivity index (χ0) is 7.42. The van der Waals surface area contributed by atoms with E-state index in [0.717, 1.165) is 6.42 Å². The molecule has 2 atom stereocenters. The van der Waals surface area contributed by atoms with Crippen LogP contribution in [0.5, 0.6) is 0 Å². The Kier molecular flexibility index (Phi) is 1.06. The van der Waals surface area contributed by atoms with Gasteiger partial charge in [0.15, 0.2) is 0 Å². The lowest BCUT2D eigenvalue weighted by molar-refractivity contribution is 0.360. The molecule has 3 rings (SSSR count). The van der Waals surface area contributed by atoms with Crippen LogP contribution in [0.3, 0.4) is 0 Å². The van der Waals surface area contributed by atoms with Gasteiger partial charge in [-0.1, -0.05) is 28.1 Å². The summed E-state index contributed by atoms with van der Waals surface area (Å²) >= 11 is 3.54. The van der Waals surface area contributed by atoms with Crippen molar-refractivity contribution in [3.05, 3.63) is 33.8 Å². The van der Waals surface area contributed by atoms with E-state index < -0.39 is 0 Å². The largest absolute Gasteiger partial charge is 0.364 e. The lowest BCUT2D eigenvalue weighted by Crippen LogP contribution is -1.89. The van der Waals surface area contributed by atoms with Gasteiger partial charge in [-0.2, -0.15) is 0 Å². The molecule has 1 heterocycles. The topological polar surface area (TPSA) is 12.5 Å². The number of halogens is 1. The normalized spacial score (nSPS) is 31.4. The quantitative estimate of drug-likeness (QED) is 0.600. The van der Waals surface area contributed by atoms with Crippen molar-refractivity contribution in [2.45, 2.75) is 18.6 Å². The van der Waals surface area contributed by atoms with E-state index in [0.29, 0.717) is 12.2 Å². The molecule has 1 aromatic carbocycles. The summed E-state index contributed by atoms with van der Waals surface area (Å²) in [4.78, 5) is 0. The Balaban J connectivity index is 2.24. The molecule has 0 bridgehead atoms. The number of rotatable bonds is 0. The third-order valence-electron chi connectivity index (χ3n) is 2.45. The second-order valence-corrected chi connectivity index (χ2v) is 3.96. The van der Waals surface area contributed by atoms with Gasteiger partial charge in [0, 0.05) is 10.9 Å². The first kappa shape index (κ1) is 6.21. The fourth-order valence-electron chi connectivity index (χ4n) is 1.83. The molecule has 0 unspecified atom stereocenters. The number of benzene rings is 1. The molecule has 1 fully saturated rings. The van der Waals surface area contributed by atoms with Gasteiger partial charge in [0.05, 0.1) is 6.10 Å². The molecule has 1 saturated heterocycles. The molecule has 0 aromatic heterocycles. The summed E-state index contributed by atoms with van der Waals surface area (Å²) < 4.78 is 6.65. The van der Waals surface area contributed by atoms with Crippen LogP contribution in [0.1, 0.15) is 17.2 Å². The van der Waals surface area contributed by atoms with Gasteiger partial charge < -0.3 is 4.74 Å². The van der Waals surface area contributed by atoms with Crippen LogP contribution in [0.4, 0.5) is 0 Å². The molecule has 1 aliphatic carbocycles. The van der Waals surface area contributed by atoms with Crippen molar-refractivity contribution in [3.8, 4) is 0 Å². The SMILES string of the molecule is Brc1cccc2c1C[C@@H]1O[C@H]21. The van der Waals surface area contributed by atoms with Crippen molar-refractivity contribution in [2.75, 3.05) is 0 Å². The molecular formula is C9H7BrO. The minimum absolute atomic E-state index is 0.433. The molecule has 1 aliphatic heterocycles. The molecule has 0 radical (unpaired) electrons. The highest BCUT2D eigenvalue weighted by Crippen LogP contribution is 2.50. The maximum atomic E-state index is 5.41. The number of ether oxygens (including phenoxy) is 1. The molecule has 1 aromatic rings. The first-order valence-electron chi connectivity index (χ1n) is 3.79. The van der Waals surface area contributed by atoms with Gasteiger partial charge in [-0.3, -0.25) is 0 Å². The van der Waals surface area contributed by atoms with Crippen molar-refractivity contribution in [1.29, 1.82) is 0 Å². The van der Waals surface area contributed by atoms with Crippen LogP contribution in [0.2, 0.25) is 0 Å². The van der Waals surface area contributed by atoms with Crippen molar-refractivity contribution in [2.24, 2.45) is 0 Å². The Morgan fingerprint density at radius 1 is 1.45 bits per heavy atom. The Hall–Kier alpha value is -0.340. The van der Waals surface area contributed by atoms with E-state index in [1.165, 1.54) is 15.6 Å². The highest BCUT2D eigenvalue weighted by Gasteiger charge is 2.47. The number of hydrogen-bond acceptors (Lipinski definition) is 1. The molecular weight excluding hydrogens is 204 g/mol. The Bertz CT molecular complexity index is 321. The van der Waals surface area contributed by atoms with Crippen LogP contribution in [0, 0.1) is 0 Å². The third kappa shape index (κ3) is 0.741. The number of fused-ring (bicyclic) bond motifs is 3. The Morgan fingerprint density at radius 2 is 2.36 bits per heavy atom. The standard InChI is InChI=1S/C9H7BrO/c10-7-3-1-2-5-6(7)4-8-9(5)11-8/h1-3,8-9H,4H2/t8-,9+/m0/s1. The van der Waals surface area contributed by atoms with Crippen molar-refractivity contribution >= 4 is 15.9 Å². The van der Waals surface area contributed by atoms with Gasteiger partial charge >= 0.3 is 0 Å². The molecule has 0 N–H and O–H groups in total. The first-order valence-corrected chi connectivity index (χ1v) is 4.58. The lowest BCUT2D eigenvalue weighted by atomic mass is 10.1. The minimum Gasteiger partial charge on any atom is -0.364 e. The van der Waals surface area contributed by atoms with Crippen molar-refractivity contribution in [3.63, 3.8) is 0 Å². The molecule has 0 spiro atoms.